The highest BCUT2D eigenvalue weighted by Crippen LogP contribution is 2.20. The molecule has 1 fully saturated rings. The lowest BCUT2D eigenvalue weighted by molar-refractivity contribution is -0.132. The average Bonchev–Trinajstić information content (AvgIpc) is 3.50. The van der Waals surface area contributed by atoms with Crippen molar-refractivity contribution in [2.24, 2.45) is 0 Å². The van der Waals surface area contributed by atoms with Crippen LogP contribution in [0, 0.1) is 5.82 Å². The van der Waals surface area contributed by atoms with E-state index < -0.39 is 0 Å². The first-order chi connectivity index (χ1) is 15.7. The summed E-state index contributed by atoms with van der Waals surface area (Å²) in [5.74, 6) is 0.520. The van der Waals surface area contributed by atoms with Gasteiger partial charge in [-0.3, -0.25) is 4.79 Å². The van der Waals surface area contributed by atoms with Crippen LogP contribution in [-0.2, 0) is 28.9 Å². The van der Waals surface area contributed by atoms with Crippen LogP contribution >= 0.6 is 11.3 Å². The predicted molar refractivity (Wildman–Crippen MR) is 124 cm³/mol. The molecule has 1 saturated heterocycles. The number of hydrogen-bond donors (Lipinski definition) is 0. The van der Waals surface area contributed by atoms with E-state index in [9.17, 15) is 9.18 Å². The number of hydrogen-bond acceptors (Lipinski definition) is 4. The van der Waals surface area contributed by atoms with Crippen LogP contribution < -0.4 is 4.74 Å². The fourth-order valence-corrected chi connectivity index (χ4v) is 4.55. The van der Waals surface area contributed by atoms with Crippen molar-refractivity contribution >= 4 is 17.2 Å². The van der Waals surface area contributed by atoms with Crippen molar-refractivity contribution in [3.8, 4) is 5.75 Å². The monoisotopic (exact) mass is 453 g/mol. The number of rotatable bonds is 10. The Kier molecular flexibility index (Phi) is 7.91. The zero-order valence-corrected chi connectivity index (χ0v) is 18.9. The molecule has 32 heavy (non-hydrogen) atoms. The minimum Gasteiger partial charge on any atom is -0.493 e. The van der Waals surface area contributed by atoms with Crippen molar-refractivity contribution in [3.63, 3.8) is 0 Å². The summed E-state index contributed by atoms with van der Waals surface area (Å²) in [6.07, 6.45) is 3.18. The molecule has 0 aliphatic carbocycles. The molecule has 0 unspecified atom stereocenters. The standard InChI is InChI=1S/C26H28FNO3S/c27-22-10-8-20(9-11-22)17-26(29)28(19-24-6-2-13-30-24)18-21-4-1-5-23(16-21)31-14-12-25-7-3-15-32-25/h1,3-5,7-11,15-16,24H,2,6,12-14,17-19H2/t24-/m0/s1. The summed E-state index contributed by atoms with van der Waals surface area (Å²) in [7, 11) is 0. The van der Waals surface area contributed by atoms with Gasteiger partial charge in [-0.05, 0) is 59.7 Å². The largest absolute Gasteiger partial charge is 0.493 e. The number of carbonyl (C=O) groups is 1. The Bertz CT molecular complexity index is 985. The number of carbonyl (C=O) groups excluding carboxylic acids is 1. The molecule has 4 rings (SSSR count). The van der Waals surface area contributed by atoms with E-state index in [2.05, 4.69) is 11.4 Å². The van der Waals surface area contributed by atoms with Gasteiger partial charge in [0.15, 0.2) is 0 Å². The summed E-state index contributed by atoms with van der Waals surface area (Å²) in [6.45, 7) is 2.41. The molecule has 1 amide bonds. The minimum atomic E-state index is -0.298. The predicted octanol–water partition coefficient (Wildman–Crippen LogP) is 5.26. The maximum absolute atomic E-state index is 13.2. The molecule has 0 radical (unpaired) electrons. The van der Waals surface area contributed by atoms with Crippen LogP contribution in [0.2, 0.25) is 0 Å². The van der Waals surface area contributed by atoms with E-state index in [4.69, 9.17) is 9.47 Å². The SMILES string of the molecule is O=C(Cc1ccc(F)cc1)N(Cc1cccc(OCCc2cccs2)c1)C[C@@H]1CCCO1. The lowest BCUT2D eigenvalue weighted by Gasteiger charge is -2.26. The summed E-state index contributed by atoms with van der Waals surface area (Å²) in [5.41, 5.74) is 1.82. The summed E-state index contributed by atoms with van der Waals surface area (Å²) >= 11 is 1.73. The Hall–Kier alpha value is -2.70. The first-order valence-corrected chi connectivity index (χ1v) is 11.9. The first-order valence-electron chi connectivity index (χ1n) is 11.0. The van der Waals surface area contributed by atoms with Crippen LogP contribution in [0.4, 0.5) is 4.39 Å². The zero-order chi connectivity index (χ0) is 22.2. The summed E-state index contributed by atoms with van der Waals surface area (Å²) in [6, 6.07) is 18.2. The van der Waals surface area contributed by atoms with Gasteiger partial charge in [0, 0.05) is 31.0 Å². The molecular weight excluding hydrogens is 425 g/mol. The zero-order valence-electron chi connectivity index (χ0n) is 18.0. The second-order valence-electron chi connectivity index (χ2n) is 8.04. The number of thiophene rings is 1. The molecule has 1 aliphatic rings. The second-order valence-corrected chi connectivity index (χ2v) is 9.07. The molecule has 0 saturated carbocycles. The van der Waals surface area contributed by atoms with E-state index in [0.717, 1.165) is 42.7 Å². The average molecular weight is 454 g/mol. The van der Waals surface area contributed by atoms with Gasteiger partial charge in [-0.25, -0.2) is 4.39 Å². The van der Waals surface area contributed by atoms with E-state index >= 15 is 0 Å². The summed E-state index contributed by atoms with van der Waals surface area (Å²) in [5, 5.41) is 2.07. The molecule has 2 heterocycles. The van der Waals surface area contributed by atoms with Crippen LogP contribution in [0.15, 0.2) is 66.0 Å². The number of amides is 1. The smallest absolute Gasteiger partial charge is 0.227 e. The van der Waals surface area contributed by atoms with Gasteiger partial charge in [-0.1, -0.05) is 30.3 Å². The highest BCUT2D eigenvalue weighted by molar-refractivity contribution is 7.09. The molecule has 0 spiro atoms. The molecule has 1 aromatic heterocycles. The van der Waals surface area contributed by atoms with Gasteiger partial charge in [-0.15, -0.1) is 11.3 Å². The topological polar surface area (TPSA) is 38.8 Å². The van der Waals surface area contributed by atoms with Gasteiger partial charge >= 0.3 is 0 Å². The Labute approximate surface area is 192 Å². The van der Waals surface area contributed by atoms with Gasteiger partial charge in [0.25, 0.3) is 0 Å². The number of ether oxygens (including phenoxy) is 2. The molecule has 2 aromatic carbocycles. The number of nitrogens with zero attached hydrogens (tertiary/aromatic N) is 1. The molecule has 168 valence electrons. The molecule has 6 heteroatoms. The van der Waals surface area contributed by atoms with E-state index in [0.29, 0.717) is 19.7 Å². The van der Waals surface area contributed by atoms with Gasteiger partial charge < -0.3 is 14.4 Å². The van der Waals surface area contributed by atoms with Crippen LogP contribution in [-0.4, -0.2) is 36.7 Å². The quantitative estimate of drug-likeness (QED) is 0.420. The number of benzene rings is 2. The third-order valence-corrected chi connectivity index (χ3v) is 6.47. The van der Waals surface area contributed by atoms with Crippen LogP contribution in [0.25, 0.3) is 0 Å². The number of halogens is 1. The van der Waals surface area contributed by atoms with E-state index in [1.807, 2.05) is 35.2 Å². The van der Waals surface area contributed by atoms with Gasteiger partial charge in [0.05, 0.1) is 19.1 Å². The van der Waals surface area contributed by atoms with Crippen molar-refractivity contribution < 1.29 is 18.7 Å². The highest BCUT2D eigenvalue weighted by atomic mass is 32.1. The molecule has 4 nitrogen and oxygen atoms in total. The molecule has 0 bridgehead atoms. The Morgan fingerprint density at radius 2 is 2.00 bits per heavy atom. The van der Waals surface area contributed by atoms with Crippen LogP contribution in [0.5, 0.6) is 5.75 Å². The van der Waals surface area contributed by atoms with Gasteiger partial charge in [0.1, 0.15) is 11.6 Å². The maximum Gasteiger partial charge on any atom is 0.227 e. The minimum absolute atomic E-state index is 0.0103. The van der Waals surface area contributed by atoms with Crippen molar-refractivity contribution in [1.29, 1.82) is 0 Å². The van der Waals surface area contributed by atoms with Crippen molar-refractivity contribution in [1.82, 2.24) is 4.90 Å². The van der Waals surface area contributed by atoms with E-state index in [1.54, 1.807) is 23.5 Å². The van der Waals surface area contributed by atoms with Crippen molar-refractivity contribution in [2.75, 3.05) is 19.8 Å². The normalized spacial score (nSPS) is 15.6. The Morgan fingerprint density at radius 1 is 1.12 bits per heavy atom. The van der Waals surface area contributed by atoms with Gasteiger partial charge in [-0.2, -0.15) is 0 Å². The maximum atomic E-state index is 13.2. The fourth-order valence-electron chi connectivity index (χ4n) is 3.86. The summed E-state index contributed by atoms with van der Waals surface area (Å²) < 4.78 is 25.0. The lowest BCUT2D eigenvalue weighted by atomic mass is 10.1. The molecule has 0 N–H and O–H groups in total. The lowest BCUT2D eigenvalue weighted by Crippen LogP contribution is -2.37. The van der Waals surface area contributed by atoms with Crippen LogP contribution in [0.3, 0.4) is 0 Å². The van der Waals surface area contributed by atoms with Crippen molar-refractivity contribution in [2.45, 2.75) is 38.3 Å². The van der Waals surface area contributed by atoms with E-state index in [-0.39, 0.29) is 24.2 Å². The second kappa shape index (κ2) is 11.2. The Balaban J connectivity index is 1.40. The molecule has 1 aliphatic heterocycles. The third-order valence-electron chi connectivity index (χ3n) is 5.54. The van der Waals surface area contributed by atoms with E-state index in [1.165, 1.54) is 17.0 Å². The molecular formula is C26H28FNO3S. The fraction of sp³-hybridized carbons (Fsp3) is 0.346. The van der Waals surface area contributed by atoms with Crippen LogP contribution in [0.1, 0.15) is 28.8 Å². The third kappa shape index (κ3) is 6.65. The highest BCUT2D eigenvalue weighted by Gasteiger charge is 2.23. The van der Waals surface area contributed by atoms with Gasteiger partial charge in [0.2, 0.25) is 5.91 Å². The summed E-state index contributed by atoms with van der Waals surface area (Å²) in [4.78, 5) is 16.3. The first kappa shape index (κ1) is 22.5. The molecule has 3 aromatic rings. The Morgan fingerprint density at radius 3 is 2.75 bits per heavy atom. The van der Waals surface area contributed by atoms with Crippen molar-refractivity contribution in [3.05, 3.63) is 87.9 Å². The molecule has 1 atom stereocenters.